The fourth-order valence-corrected chi connectivity index (χ4v) is 4.71. The lowest BCUT2D eigenvalue weighted by Crippen LogP contribution is -2.02. The van der Waals surface area contributed by atoms with E-state index in [1.54, 1.807) is 23.1 Å². The van der Waals surface area contributed by atoms with E-state index in [4.69, 9.17) is 4.98 Å². The largest absolute Gasteiger partial charge is 0.332 e. The summed E-state index contributed by atoms with van der Waals surface area (Å²) in [5.74, 6) is 0.304. The van der Waals surface area contributed by atoms with E-state index in [0.717, 1.165) is 28.6 Å². The second kappa shape index (κ2) is 6.57. The van der Waals surface area contributed by atoms with Crippen molar-refractivity contribution < 1.29 is 0 Å². The fourth-order valence-electron chi connectivity index (χ4n) is 3.08. The SMILES string of the molecule is CCCc1ccc(Nc2nc(C3=C(C)N=C4SC=CC43)cs2)cc1. The van der Waals surface area contributed by atoms with Crippen molar-refractivity contribution in [3.8, 4) is 0 Å². The number of fused-ring (bicyclic) bond motifs is 1. The van der Waals surface area contributed by atoms with Gasteiger partial charge in [0, 0.05) is 22.3 Å². The van der Waals surface area contributed by atoms with Crippen molar-refractivity contribution >= 4 is 44.5 Å². The molecule has 1 atom stereocenters. The molecule has 1 unspecified atom stereocenters. The maximum atomic E-state index is 4.79. The third-order valence-electron chi connectivity index (χ3n) is 4.23. The van der Waals surface area contributed by atoms with Crippen LogP contribution in [0.5, 0.6) is 0 Å². The Bertz CT molecular complexity index is 844. The predicted molar refractivity (Wildman–Crippen MR) is 106 cm³/mol. The highest BCUT2D eigenvalue weighted by Gasteiger charge is 2.31. The quantitative estimate of drug-likeness (QED) is 0.731. The smallest absolute Gasteiger partial charge is 0.187 e. The summed E-state index contributed by atoms with van der Waals surface area (Å²) in [6.45, 7) is 4.28. The molecular weight excluding hydrogens is 334 g/mol. The minimum absolute atomic E-state index is 0.304. The van der Waals surface area contributed by atoms with E-state index < -0.39 is 0 Å². The van der Waals surface area contributed by atoms with Crippen molar-refractivity contribution in [3.63, 3.8) is 0 Å². The van der Waals surface area contributed by atoms with Crippen LogP contribution in [-0.4, -0.2) is 10.0 Å². The first-order chi connectivity index (χ1) is 11.7. The molecule has 0 saturated carbocycles. The normalized spacial score (nSPS) is 18.9. The minimum Gasteiger partial charge on any atom is -0.332 e. The maximum absolute atomic E-state index is 4.79. The zero-order chi connectivity index (χ0) is 16.5. The van der Waals surface area contributed by atoms with Crippen molar-refractivity contribution in [2.24, 2.45) is 10.9 Å². The number of thiazole rings is 1. The highest BCUT2D eigenvalue weighted by atomic mass is 32.2. The van der Waals surface area contributed by atoms with Crippen LogP contribution in [-0.2, 0) is 6.42 Å². The van der Waals surface area contributed by atoms with Gasteiger partial charge in [-0.25, -0.2) is 9.98 Å². The summed E-state index contributed by atoms with van der Waals surface area (Å²) >= 11 is 3.36. The number of thioether (sulfide) groups is 1. The fraction of sp³-hybridized carbons (Fsp3) is 0.263. The summed E-state index contributed by atoms with van der Waals surface area (Å²) in [4.78, 5) is 9.46. The van der Waals surface area contributed by atoms with Gasteiger partial charge in [-0.05, 0) is 36.4 Å². The minimum atomic E-state index is 0.304. The predicted octanol–water partition coefficient (Wildman–Crippen LogP) is 5.86. The van der Waals surface area contributed by atoms with E-state index >= 15 is 0 Å². The van der Waals surface area contributed by atoms with Gasteiger partial charge in [0.2, 0.25) is 0 Å². The molecule has 0 saturated heterocycles. The van der Waals surface area contributed by atoms with E-state index in [2.05, 4.69) is 65.3 Å². The lowest BCUT2D eigenvalue weighted by molar-refractivity contribution is 0.922. The van der Waals surface area contributed by atoms with Gasteiger partial charge in [0.15, 0.2) is 5.13 Å². The number of hydrogen-bond donors (Lipinski definition) is 1. The molecule has 1 aromatic carbocycles. The van der Waals surface area contributed by atoms with Crippen LogP contribution in [0.1, 0.15) is 31.5 Å². The molecule has 24 heavy (non-hydrogen) atoms. The van der Waals surface area contributed by atoms with E-state index in [1.165, 1.54) is 22.6 Å². The van der Waals surface area contributed by atoms with Gasteiger partial charge in [-0.1, -0.05) is 43.3 Å². The molecule has 0 aliphatic carbocycles. The second-order valence-corrected chi connectivity index (χ2v) is 7.77. The Morgan fingerprint density at radius 2 is 2.04 bits per heavy atom. The average molecular weight is 354 g/mol. The molecule has 1 aromatic heterocycles. The molecule has 0 amide bonds. The number of aliphatic imine (C=N–C) groups is 1. The highest BCUT2D eigenvalue weighted by molar-refractivity contribution is 8.16. The molecule has 4 rings (SSSR count). The summed E-state index contributed by atoms with van der Waals surface area (Å²) in [7, 11) is 0. The molecule has 1 N–H and O–H groups in total. The summed E-state index contributed by atoms with van der Waals surface area (Å²) in [6, 6.07) is 8.63. The number of aromatic nitrogens is 1. The van der Waals surface area contributed by atoms with Gasteiger partial charge >= 0.3 is 0 Å². The van der Waals surface area contributed by atoms with Crippen LogP contribution in [0.4, 0.5) is 10.8 Å². The zero-order valence-corrected chi connectivity index (χ0v) is 15.4. The van der Waals surface area contributed by atoms with Crippen molar-refractivity contribution in [2.45, 2.75) is 26.7 Å². The van der Waals surface area contributed by atoms with Gasteiger partial charge < -0.3 is 5.32 Å². The molecule has 3 nitrogen and oxygen atoms in total. The van der Waals surface area contributed by atoms with E-state index in [1.807, 2.05) is 0 Å². The van der Waals surface area contributed by atoms with Crippen LogP contribution >= 0.6 is 23.1 Å². The summed E-state index contributed by atoms with van der Waals surface area (Å²) < 4.78 is 0. The monoisotopic (exact) mass is 353 g/mol. The summed E-state index contributed by atoms with van der Waals surface area (Å²) in [6.07, 6.45) is 4.52. The lowest BCUT2D eigenvalue weighted by atomic mass is 9.99. The van der Waals surface area contributed by atoms with Crippen LogP contribution in [0, 0.1) is 5.92 Å². The zero-order valence-electron chi connectivity index (χ0n) is 13.7. The van der Waals surface area contributed by atoms with Crippen LogP contribution < -0.4 is 5.32 Å². The van der Waals surface area contributed by atoms with Crippen LogP contribution in [0.15, 0.2) is 51.8 Å². The Hall–Kier alpha value is -1.85. The molecule has 2 aliphatic rings. The first kappa shape index (κ1) is 15.7. The Labute approximate surface area is 150 Å². The third kappa shape index (κ3) is 2.94. The third-order valence-corrected chi connectivity index (χ3v) is 5.87. The molecule has 0 spiro atoms. The summed E-state index contributed by atoms with van der Waals surface area (Å²) in [5.41, 5.74) is 5.84. The first-order valence-corrected chi connectivity index (χ1v) is 9.95. The molecular formula is C19H19N3S2. The van der Waals surface area contributed by atoms with Crippen LogP contribution in [0.25, 0.3) is 5.57 Å². The van der Waals surface area contributed by atoms with Gasteiger partial charge in [-0.3, -0.25) is 0 Å². The number of hydrogen-bond acceptors (Lipinski definition) is 5. The van der Waals surface area contributed by atoms with Gasteiger partial charge in [0.1, 0.15) is 0 Å². The molecule has 3 heterocycles. The first-order valence-electron chi connectivity index (χ1n) is 8.19. The Balaban J connectivity index is 1.51. The molecule has 2 aromatic rings. The maximum Gasteiger partial charge on any atom is 0.187 e. The van der Waals surface area contributed by atoms with Crippen molar-refractivity contribution in [3.05, 3.63) is 58.1 Å². The highest BCUT2D eigenvalue weighted by Crippen LogP contribution is 2.43. The van der Waals surface area contributed by atoms with Gasteiger partial charge in [-0.15, -0.1) is 11.3 Å². The van der Waals surface area contributed by atoms with Gasteiger partial charge in [0.05, 0.1) is 16.7 Å². The number of allylic oxidation sites excluding steroid dienone is 3. The summed E-state index contributed by atoms with van der Waals surface area (Å²) in [5, 5.41) is 9.77. The van der Waals surface area contributed by atoms with Gasteiger partial charge in [-0.2, -0.15) is 0 Å². The van der Waals surface area contributed by atoms with E-state index in [9.17, 15) is 0 Å². The molecule has 0 radical (unpaired) electrons. The lowest BCUT2D eigenvalue weighted by Gasteiger charge is -2.07. The number of nitrogens with one attached hydrogen (secondary N) is 1. The topological polar surface area (TPSA) is 37.3 Å². The van der Waals surface area contributed by atoms with Crippen LogP contribution in [0.3, 0.4) is 0 Å². The van der Waals surface area contributed by atoms with E-state index in [0.29, 0.717) is 5.92 Å². The number of nitrogens with zero attached hydrogens (tertiary/aromatic N) is 2. The molecule has 5 heteroatoms. The number of anilines is 2. The van der Waals surface area contributed by atoms with Crippen LogP contribution in [0.2, 0.25) is 0 Å². The van der Waals surface area contributed by atoms with Gasteiger partial charge in [0.25, 0.3) is 0 Å². The van der Waals surface area contributed by atoms with Crippen molar-refractivity contribution in [1.29, 1.82) is 0 Å². The standard InChI is InChI=1S/C19H19N3S2/c1-3-4-13-5-7-14(8-6-13)21-19-22-16(11-24-19)17-12(2)20-18-15(17)9-10-23-18/h5-11,15H,3-4H2,1-2H3,(H,21,22). The molecule has 0 bridgehead atoms. The number of rotatable bonds is 5. The molecule has 2 aliphatic heterocycles. The Morgan fingerprint density at radius 3 is 2.83 bits per heavy atom. The Morgan fingerprint density at radius 1 is 1.21 bits per heavy atom. The van der Waals surface area contributed by atoms with Crippen molar-refractivity contribution in [1.82, 2.24) is 4.98 Å². The Kier molecular flexibility index (Phi) is 4.29. The molecule has 0 fully saturated rings. The van der Waals surface area contributed by atoms with Crippen molar-refractivity contribution in [2.75, 3.05) is 5.32 Å². The number of benzene rings is 1. The molecule has 122 valence electrons. The number of aryl methyl sites for hydroxylation is 1. The average Bonchev–Trinajstić information content (AvgIpc) is 3.26. The van der Waals surface area contributed by atoms with E-state index in [-0.39, 0.29) is 0 Å². The second-order valence-electron chi connectivity index (χ2n) is 5.98.